The van der Waals surface area contributed by atoms with Gasteiger partial charge in [0.25, 0.3) is 5.91 Å². The molecule has 0 spiro atoms. The lowest BCUT2D eigenvalue weighted by molar-refractivity contribution is 0.102. The number of hydrogen-bond donors (Lipinski definition) is 2. The number of H-pyrrole nitrogens is 1. The van der Waals surface area contributed by atoms with Crippen LogP contribution in [0.4, 0.5) is 5.69 Å². The van der Waals surface area contributed by atoms with Gasteiger partial charge in [-0.3, -0.25) is 4.79 Å². The average Bonchev–Trinajstić information content (AvgIpc) is 3.10. The van der Waals surface area contributed by atoms with Crippen molar-refractivity contribution >= 4 is 34.8 Å². The summed E-state index contributed by atoms with van der Waals surface area (Å²) in [4.78, 5) is 14.9. The van der Waals surface area contributed by atoms with Crippen molar-refractivity contribution in [3.8, 4) is 5.69 Å². The van der Waals surface area contributed by atoms with E-state index in [9.17, 15) is 4.79 Å². The minimum absolute atomic E-state index is 0.238. The number of amides is 1. The first kappa shape index (κ1) is 13.7. The molecular weight excluding hydrogens is 311 g/mol. The zero-order chi connectivity index (χ0) is 14.8. The molecule has 0 saturated heterocycles. The summed E-state index contributed by atoms with van der Waals surface area (Å²) >= 11 is 11.6. The fourth-order valence-corrected chi connectivity index (χ4v) is 2.22. The van der Waals surface area contributed by atoms with Crippen LogP contribution < -0.4 is 5.32 Å². The second kappa shape index (κ2) is 5.63. The van der Waals surface area contributed by atoms with E-state index in [4.69, 9.17) is 23.2 Å². The molecule has 0 aliphatic heterocycles. The van der Waals surface area contributed by atoms with E-state index < -0.39 is 0 Å². The Kier molecular flexibility index (Phi) is 3.68. The van der Waals surface area contributed by atoms with Crippen LogP contribution in [0, 0.1) is 0 Å². The Balaban J connectivity index is 1.90. The smallest absolute Gasteiger partial charge is 0.272 e. The summed E-state index contributed by atoms with van der Waals surface area (Å²) in [6.45, 7) is 0. The zero-order valence-corrected chi connectivity index (χ0v) is 12.2. The van der Waals surface area contributed by atoms with Crippen molar-refractivity contribution in [2.75, 3.05) is 5.32 Å². The second-order valence-corrected chi connectivity index (χ2v) is 5.05. The molecule has 0 atom stereocenters. The van der Waals surface area contributed by atoms with E-state index in [0.717, 1.165) is 5.69 Å². The van der Waals surface area contributed by atoms with Gasteiger partial charge in [0, 0.05) is 12.4 Å². The van der Waals surface area contributed by atoms with Crippen LogP contribution in [-0.2, 0) is 0 Å². The third-order valence-corrected chi connectivity index (χ3v) is 3.57. The van der Waals surface area contributed by atoms with E-state index >= 15 is 0 Å². The lowest BCUT2D eigenvalue weighted by atomic mass is 10.2. The van der Waals surface area contributed by atoms with E-state index in [1.54, 1.807) is 23.1 Å². The monoisotopic (exact) mass is 320 g/mol. The molecule has 0 bridgehead atoms. The van der Waals surface area contributed by atoms with Crippen molar-refractivity contribution in [1.29, 1.82) is 0 Å². The van der Waals surface area contributed by atoms with Crippen molar-refractivity contribution < 1.29 is 4.79 Å². The maximum Gasteiger partial charge on any atom is 0.272 e. The van der Waals surface area contributed by atoms with Crippen LogP contribution in [0.2, 0.25) is 10.2 Å². The lowest BCUT2D eigenvalue weighted by Crippen LogP contribution is -2.14. The number of carbonyl (C=O) groups excluding carboxylic acids is 1. The van der Waals surface area contributed by atoms with Crippen LogP contribution in [0.3, 0.4) is 0 Å². The Morgan fingerprint density at radius 2 is 2.05 bits per heavy atom. The number of aromatic nitrogens is 3. The highest BCUT2D eigenvalue weighted by atomic mass is 35.5. The van der Waals surface area contributed by atoms with Crippen LogP contribution in [0.5, 0.6) is 0 Å². The molecule has 3 aromatic rings. The largest absolute Gasteiger partial charge is 0.340 e. The van der Waals surface area contributed by atoms with Crippen molar-refractivity contribution in [2.24, 2.45) is 0 Å². The van der Waals surface area contributed by atoms with Gasteiger partial charge in [0.2, 0.25) is 0 Å². The molecule has 0 radical (unpaired) electrons. The van der Waals surface area contributed by atoms with Gasteiger partial charge in [-0.25, -0.2) is 4.68 Å². The Morgan fingerprint density at radius 3 is 2.71 bits per heavy atom. The summed E-state index contributed by atoms with van der Waals surface area (Å²) in [6, 6.07) is 10.6. The molecule has 0 saturated carbocycles. The van der Waals surface area contributed by atoms with Crippen LogP contribution >= 0.6 is 23.2 Å². The summed E-state index contributed by atoms with van der Waals surface area (Å²) in [5, 5.41) is 7.51. The zero-order valence-electron chi connectivity index (χ0n) is 10.7. The minimum Gasteiger partial charge on any atom is -0.340 e. The number of benzene rings is 1. The molecule has 2 N–H and O–H groups in total. The Bertz CT molecular complexity index is 761. The number of nitrogens with zero attached hydrogens (tertiary/aromatic N) is 2. The SMILES string of the molecule is O=C(Nc1ccccc1-n1cccn1)c1cc(Cl)c(Cl)[nH]1. The molecule has 21 heavy (non-hydrogen) atoms. The predicted octanol–water partition coefficient (Wildman–Crippen LogP) is 3.76. The van der Waals surface area contributed by atoms with Crippen molar-refractivity contribution in [1.82, 2.24) is 14.8 Å². The molecule has 0 aliphatic rings. The van der Waals surface area contributed by atoms with Crippen molar-refractivity contribution in [2.45, 2.75) is 0 Å². The standard InChI is InChI=1S/C14H10Cl2N4O/c15-9-8-11(18-13(9)16)14(21)19-10-4-1-2-5-12(10)20-7-3-6-17-20/h1-8,18H,(H,19,21). The molecule has 0 aliphatic carbocycles. The molecular formula is C14H10Cl2N4O. The van der Waals surface area contributed by atoms with Crippen LogP contribution in [0.25, 0.3) is 5.69 Å². The number of halogens is 2. The van der Waals surface area contributed by atoms with Gasteiger partial charge in [-0.2, -0.15) is 5.10 Å². The molecule has 3 rings (SSSR count). The van der Waals surface area contributed by atoms with Crippen molar-refractivity contribution in [3.63, 3.8) is 0 Å². The summed E-state index contributed by atoms with van der Waals surface area (Å²) in [7, 11) is 0. The third-order valence-electron chi connectivity index (χ3n) is 2.87. The Hall–Kier alpha value is -2.24. The quantitative estimate of drug-likeness (QED) is 0.771. The number of anilines is 1. The normalized spacial score (nSPS) is 10.6. The summed E-state index contributed by atoms with van der Waals surface area (Å²) in [5.41, 5.74) is 1.69. The van der Waals surface area contributed by atoms with Gasteiger partial charge >= 0.3 is 0 Å². The number of carbonyl (C=O) groups is 1. The van der Waals surface area contributed by atoms with E-state index in [1.807, 2.05) is 24.3 Å². The molecule has 2 aromatic heterocycles. The lowest BCUT2D eigenvalue weighted by Gasteiger charge is -2.10. The number of para-hydroxylation sites is 2. The highest BCUT2D eigenvalue weighted by molar-refractivity contribution is 6.41. The number of rotatable bonds is 3. The number of aromatic amines is 1. The minimum atomic E-state index is -0.330. The van der Waals surface area contributed by atoms with Gasteiger partial charge < -0.3 is 10.3 Å². The molecule has 2 heterocycles. The first-order valence-corrected chi connectivity index (χ1v) is 6.85. The highest BCUT2D eigenvalue weighted by Crippen LogP contribution is 2.24. The first-order valence-electron chi connectivity index (χ1n) is 6.09. The van der Waals surface area contributed by atoms with Gasteiger partial charge in [-0.15, -0.1) is 0 Å². The Labute approximate surface area is 130 Å². The fraction of sp³-hybridized carbons (Fsp3) is 0. The predicted molar refractivity (Wildman–Crippen MR) is 82.3 cm³/mol. The van der Waals surface area contributed by atoms with Gasteiger partial charge in [0.15, 0.2) is 0 Å². The van der Waals surface area contributed by atoms with E-state index in [1.165, 1.54) is 6.07 Å². The van der Waals surface area contributed by atoms with Crippen LogP contribution in [0.1, 0.15) is 10.5 Å². The fourth-order valence-electron chi connectivity index (χ4n) is 1.91. The molecule has 106 valence electrons. The van der Waals surface area contributed by atoms with Gasteiger partial charge in [0.1, 0.15) is 10.8 Å². The number of hydrogen-bond acceptors (Lipinski definition) is 2. The molecule has 1 aromatic carbocycles. The van der Waals surface area contributed by atoms with Gasteiger partial charge in [-0.1, -0.05) is 35.3 Å². The van der Waals surface area contributed by atoms with E-state index in [2.05, 4.69) is 15.4 Å². The molecule has 0 fully saturated rings. The highest BCUT2D eigenvalue weighted by Gasteiger charge is 2.14. The summed E-state index contributed by atoms with van der Waals surface area (Å²) < 4.78 is 1.67. The van der Waals surface area contributed by atoms with Crippen LogP contribution in [0.15, 0.2) is 48.8 Å². The summed E-state index contributed by atoms with van der Waals surface area (Å²) in [5.74, 6) is -0.330. The molecule has 0 unspecified atom stereocenters. The average molecular weight is 321 g/mol. The summed E-state index contributed by atoms with van der Waals surface area (Å²) in [6.07, 6.45) is 3.47. The van der Waals surface area contributed by atoms with Gasteiger partial charge in [-0.05, 0) is 24.3 Å². The Morgan fingerprint density at radius 1 is 1.24 bits per heavy atom. The second-order valence-electron chi connectivity index (χ2n) is 4.27. The molecule has 1 amide bonds. The van der Waals surface area contributed by atoms with Gasteiger partial charge in [0.05, 0.1) is 16.4 Å². The number of nitrogens with one attached hydrogen (secondary N) is 2. The van der Waals surface area contributed by atoms with Crippen LogP contribution in [-0.4, -0.2) is 20.7 Å². The van der Waals surface area contributed by atoms with E-state index in [0.29, 0.717) is 16.4 Å². The first-order chi connectivity index (χ1) is 10.1. The maximum atomic E-state index is 12.2. The molecule has 5 nitrogen and oxygen atoms in total. The maximum absolute atomic E-state index is 12.2. The molecule has 7 heteroatoms. The van der Waals surface area contributed by atoms with Crippen molar-refractivity contribution in [3.05, 3.63) is 64.7 Å². The van der Waals surface area contributed by atoms with E-state index in [-0.39, 0.29) is 11.1 Å². The third kappa shape index (κ3) is 2.79. The topological polar surface area (TPSA) is 62.7 Å².